The molecular formula is C5H8O3. The first kappa shape index (κ1) is 5.56. The Labute approximate surface area is 47.3 Å². The van der Waals surface area contributed by atoms with Gasteiger partial charge in [0.25, 0.3) is 6.47 Å². The Morgan fingerprint density at radius 3 is 2.62 bits per heavy atom. The van der Waals surface area contributed by atoms with Crippen molar-refractivity contribution in [1.29, 1.82) is 0 Å². The quantitative estimate of drug-likeness (QED) is 0.503. The Bertz CT molecular complexity index is 85.7. The van der Waals surface area contributed by atoms with Crippen molar-refractivity contribution in [2.75, 3.05) is 0 Å². The van der Waals surface area contributed by atoms with E-state index in [0.717, 1.165) is 0 Å². The summed E-state index contributed by atoms with van der Waals surface area (Å²) in [7, 11) is 0. The molecule has 0 spiro atoms. The summed E-state index contributed by atoms with van der Waals surface area (Å²) in [6, 6.07) is 0. The third kappa shape index (κ3) is 0.980. The summed E-state index contributed by atoms with van der Waals surface area (Å²) in [4.78, 5) is 9.61. The van der Waals surface area contributed by atoms with Gasteiger partial charge in [-0.3, -0.25) is 4.79 Å². The monoisotopic (exact) mass is 116 g/mol. The molecule has 0 aromatic carbocycles. The van der Waals surface area contributed by atoms with E-state index >= 15 is 0 Å². The predicted molar refractivity (Wildman–Crippen MR) is 26.2 cm³/mol. The Balaban J connectivity index is 2.06. The number of aliphatic hydroxyl groups excluding tert-OH is 1. The van der Waals surface area contributed by atoms with E-state index < -0.39 is 0 Å². The Hall–Kier alpha value is -0.570. The van der Waals surface area contributed by atoms with Gasteiger partial charge in [0.05, 0.1) is 6.10 Å². The second kappa shape index (κ2) is 2.13. The fraction of sp³-hybridized carbons (Fsp3) is 0.800. The van der Waals surface area contributed by atoms with Gasteiger partial charge >= 0.3 is 0 Å². The van der Waals surface area contributed by atoms with Crippen LogP contribution in [-0.2, 0) is 9.53 Å². The molecule has 1 saturated carbocycles. The molecule has 0 aromatic rings. The van der Waals surface area contributed by atoms with Crippen LogP contribution < -0.4 is 0 Å². The summed E-state index contributed by atoms with van der Waals surface area (Å²) in [5.74, 6) is 0. The maximum absolute atomic E-state index is 9.61. The van der Waals surface area contributed by atoms with Crippen LogP contribution in [0, 0.1) is 0 Å². The second-order valence-corrected chi connectivity index (χ2v) is 1.98. The molecule has 3 heteroatoms. The van der Waals surface area contributed by atoms with E-state index in [-0.39, 0.29) is 12.2 Å². The Kier molecular flexibility index (Phi) is 1.48. The highest BCUT2D eigenvalue weighted by atomic mass is 16.5. The van der Waals surface area contributed by atoms with Crippen molar-refractivity contribution in [1.82, 2.24) is 0 Å². The summed E-state index contributed by atoms with van der Waals surface area (Å²) in [6.07, 6.45) is 0.972. The predicted octanol–water partition coefficient (Wildman–Crippen LogP) is -0.317. The fourth-order valence-electron chi connectivity index (χ4n) is 0.728. The molecule has 0 aliphatic heterocycles. The number of hydrogen-bond donors (Lipinski definition) is 1. The van der Waals surface area contributed by atoms with Gasteiger partial charge in [-0.2, -0.15) is 0 Å². The van der Waals surface area contributed by atoms with Crippen molar-refractivity contribution in [3.05, 3.63) is 0 Å². The van der Waals surface area contributed by atoms with E-state index in [1.807, 2.05) is 0 Å². The van der Waals surface area contributed by atoms with E-state index in [2.05, 4.69) is 4.74 Å². The Morgan fingerprint density at radius 2 is 2.25 bits per heavy atom. The van der Waals surface area contributed by atoms with Gasteiger partial charge in [-0.15, -0.1) is 0 Å². The lowest BCUT2D eigenvalue weighted by atomic mass is 9.92. The van der Waals surface area contributed by atoms with Crippen LogP contribution >= 0.6 is 0 Å². The first-order valence-electron chi connectivity index (χ1n) is 2.60. The van der Waals surface area contributed by atoms with Crippen LogP contribution in [0.1, 0.15) is 12.8 Å². The molecule has 0 heterocycles. The maximum atomic E-state index is 9.61. The summed E-state index contributed by atoms with van der Waals surface area (Å²) >= 11 is 0. The third-order valence-electron chi connectivity index (χ3n) is 1.32. The van der Waals surface area contributed by atoms with Gasteiger partial charge in [-0.05, 0) is 0 Å². The molecule has 0 unspecified atom stereocenters. The molecule has 1 aliphatic rings. The van der Waals surface area contributed by atoms with E-state index in [1.54, 1.807) is 0 Å². The SMILES string of the molecule is O=CO[C@H]1C[C@@H](O)C1. The minimum atomic E-state index is -0.236. The van der Waals surface area contributed by atoms with Crippen LogP contribution in [0.3, 0.4) is 0 Å². The number of hydrogen-bond acceptors (Lipinski definition) is 3. The highest BCUT2D eigenvalue weighted by molar-refractivity contribution is 5.37. The van der Waals surface area contributed by atoms with Crippen LogP contribution in [0.25, 0.3) is 0 Å². The number of carbonyl (C=O) groups excluding carboxylic acids is 1. The van der Waals surface area contributed by atoms with Crippen molar-refractivity contribution in [2.24, 2.45) is 0 Å². The highest BCUT2D eigenvalue weighted by Gasteiger charge is 2.28. The number of rotatable bonds is 2. The molecule has 0 amide bonds. The van der Waals surface area contributed by atoms with E-state index in [9.17, 15) is 4.79 Å². The van der Waals surface area contributed by atoms with Gasteiger partial charge in [-0.1, -0.05) is 0 Å². The number of aliphatic hydroxyl groups is 1. The molecule has 1 rings (SSSR count). The van der Waals surface area contributed by atoms with Gasteiger partial charge in [0.1, 0.15) is 6.10 Å². The molecular weight excluding hydrogens is 108 g/mol. The minimum Gasteiger partial charge on any atom is -0.464 e. The molecule has 0 bridgehead atoms. The Morgan fingerprint density at radius 1 is 1.62 bits per heavy atom. The summed E-state index contributed by atoms with van der Waals surface area (Å²) in [5, 5.41) is 8.65. The van der Waals surface area contributed by atoms with Gasteiger partial charge in [-0.25, -0.2) is 0 Å². The van der Waals surface area contributed by atoms with Crippen molar-refractivity contribution >= 4 is 6.47 Å². The zero-order chi connectivity index (χ0) is 5.98. The standard InChI is InChI=1S/C5H8O3/c6-3-8-5-1-4(7)2-5/h3-5,7H,1-2H2/t4-,5+. The van der Waals surface area contributed by atoms with Crippen LogP contribution in [-0.4, -0.2) is 23.8 Å². The first-order valence-corrected chi connectivity index (χ1v) is 2.60. The van der Waals surface area contributed by atoms with Crippen molar-refractivity contribution in [3.8, 4) is 0 Å². The zero-order valence-electron chi connectivity index (χ0n) is 4.41. The van der Waals surface area contributed by atoms with E-state index in [1.165, 1.54) is 0 Å². The van der Waals surface area contributed by atoms with E-state index in [0.29, 0.717) is 19.3 Å². The fourth-order valence-corrected chi connectivity index (χ4v) is 0.728. The van der Waals surface area contributed by atoms with Crippen LogP contribution in [0.4, 0.5) is 0 Å². The largest absolute Gasteiger partial charge is 0.464 e. The smallest absolute Gasteiger partial charge is 0.293 e. The minimum absolute atomic E-state index is 0.0116. The lowest BCUT2D eigenvalue weighted by molar-refractivity contribution is -0.143. The summed E-state index contributed by atoms with van der Waals surface area (Å²) in [5.41, 5.74) is 0. The average molecular weight is 116 g/mol. The van der Waals surface area contributed by atoms with Gasteiger partial charge in [0, 0.05) is 12.8 Å². The van der Waals surface area contributed by atoms with Crippen LogP contribution in [0.15, 0.2) is 0 Å². The molecule has 1 aliphatic carbocycles. The normalized spacial score (nSPS) is 35.6. The second-order valence-electron chi connectivity index (χ2n) is 1.98. The maximum Gasteiger partial charge on any atom is 0.293 e. The number of ether oxygens (including phenoxy) is 1. The average Bonchev–Trinajstić information content (AvgIpc) is 1.64. The van der Waals surface area contributed by atoms with Crippen LogP contribution in [0.2, 0.25) is 0 Å². The number of carbonyl (C=O) groups is 1. The molecule has 1 fully saturated rings. The zero-order valence-corrected chi connectivity index (χ0v) is 4.41. The van der Waals surface area contributed by atoms with Crippen molar-refractivity contribution in [3.63, 3.8) is 0 Å². The third-order valence-corrected chi connectivity index (χ3v) is 1.32. The molecule has 46 valence electrons. The molecule has 0 atom stereocenters. The lowest BCUT2D eigenvalue weighted by Gasteiger charge is -2.28. The molecule has 0 aromatic heterocycles. The lowest BCUT2D eigenvalue weighted by Crippen LogP contribution is -2.34. The molecule has 0 saturated heterocycles. The van der Waals surface area contributed by atoms with Crippen LogP contribution in [0.5, 0.6) is 0 Å². The van der Waals surface area contributed by atoms with Gasteiger partial charge in [0.15, 0.2) is 0 Å². The van der Waals surface area contributed by atoms with E-state index in [4.69, 9.17) is 5.11 Å². The first-order chi connectivity index (χ1) is 3.83. The summed E-state index contributed by atoms with van der Waals surface area (Å²) in [6.45, 7) is 0.427. The highest BCUT2D eigenvalue weighted by Crippen LogP contribution is 2.21. The van der Waals surface area contributed by atoms with Crippen molar-refractivity contribution in [2.45, 2.75) is 25.0 Å². The van der Waals surface area contributed by atoms with Gasteiger partial charge < -0.3 is 9.84 Å². The molecule has 1 N–H and O–H groups in total. The van der Waals surface area contributed by atoms with Gasteiger partial charge in [0.2, 0.25) is 0 Å². The summed E-state index contributed by atoms with van der Waals surface area (Å²) < 4.78 is 4.51. The molecule has 3 nitrogen and oxygen atoms in total. The molecule has 8 heavy (non-hydrogen) atoms. The van der Waals surface area contributed by atoms with Crippen molar-refractivity contribution < 1.29 is 14.6 Å². The molecule has 0 radical (unpaired) electrons. The topological polar surface area (TPSA) is 46.5 Å².